The van der Waals surface area contributed by atoms with Gasteiger partial charge in [0.2, 0.25) is 0 Å². The lowest BCUT2D eigenvalue weighted by molar-refractivity contribution is 0.384. The van der Waals surface area contributed by atoms with Gasteiger partial charge in [-0.2, -0.15) is 0 Å². The van der Waals surface area contributed by atoms with E-state index in [0.29, 0.717) is 10.8 Å². The predicted octanol–water partition coefficient (Wildman–Crippen LogP) is 5.65. The van der Waals surface area contributed by atoms with Gasteiger partial charge < -0.3 is 13.7 Å². The van der Waals surface area contributed by atoms with E-state index in [1.165, 1.54) is 11.1 Å². The zero-order valence-electron chi connectivity index (χ0n) is 17.1. The fourth-order valence-electron chi connectivity index (χ4n) is 3.69. The summed E-state index contributed by atoms with van der Waals surface area (Å²) in [4.78, 5) is 4.86. The molecule has 0 bridgehead atoms. The van der Waals surface area contributed by atoms with E-state index in [0.717, 1.165) is 42.0 Å². The largest absolute Gasteiger partial charge is 0.495 e. The Kier molecular flexibility index (Phi) is 5.93. The molecule has 0 aliphatic carbocycles. The average molecular weight is 430 g/mol. The van der Waals surface area contributed by atoms with E-state index < -0.39 is 8.30 Å². The number of methoxy groups -OCH3 is 1. The van der Waals surface area contributed by atoms with Crippen molar-refractivity contribution in [1.29, 1.82) is 0 Å². The number of halogens is 1. The van der Waals surface area contributed by atoms with Gasteiger partial charge in [0.25, 0.3) is 0 Å². The number of pyridine rings is 1. The summed E-state index contributed by atoms with van der Waals surface area (Å²) in [5.74, 6) is 0.682. The molecule has 0 amide bonds. The lowest BCUT2D eigenvalue weighted by Gasteiger charge is -2.30. The Bertz CT molecular complexity index is 1080. The zero-order chi connectivity index (χ0) is 20.5. The predicted molar refractivity (Wildman–Crippen MR) is 121 cm³/mol. The van der Waals surface area contributed by atoms with Crippen LogP contribution in [0.15, 0.2) is 42.7 Å². The Hall–Kier alpha value is -1.91. The first-order valence-corrected chi connectivity index (χ1v) is 11.6. The number of fused-ring (bicyclic) bond motifs is 1. The lowest BCUT2D eigenvalue weighted by Crippen LogP contribution is -2.23. The van der Waals surface area contributed by atoms with Crippen LogP contribution in [0.5, 0.6) is 5.75 Å². The summed E-state index contributed by atoms with van der Waals surface area (Å²) in [5.41, 5.74) is 6.54. The second kappa shape index (κ2) is 8.45. The van der Waals surface area contributed by atoms with Gasteiger partial charge in [0.1, 0.15) is 19.7 Å². The van der Waals surface area contributed by atoms with Crippen LogP contribution in [-0.4, -0.2) is 48.0 Å². The summed E-state index contributed by atoms with van der Waals surface area (Å²) < 4.78 is 15.3. The van der Waals surface area contributed by atoms with E-state index in [4.69, 9.17) is 25.8 Å². The molecule has 0 spiro atoms. The minimum absolute atomic E-state index is 0.492. The Morgan fingerprint density at radius 1 is 1.21 bits per heavy atom. The van der Waals surface area contributed by atoms with Crippen molar-refractivity contribution < 1.29 is 9.26 Å². The van der Waals surface area contributed by atoms with Crippen molar-refractivity contribution in [3.8, 4) is 17.0 Å². The molecule has 29 heavy (non-hydrogen) atoms. The maximum Gasteiger partial charge on any atom is 0.138 e. The lowest BCUT2D eigenvalue weighted by atomic mass is 10.0. The van der Waals surface area contributed by atoms with Gasteiger partial charge in [0, 0.05) is 38.2 Å². The van der Waals surface area contributed by atoms with Gasteiger partial charge in [-0.1, -0.05) is 17.7 Å². The van der Waals surface area contributed by atoms with Crippen molar-refractivity contribution in [2.75, 3.05) is 34.0 Å². The highest BCUT2D eigenvalue weighted by atomic mass is 35.5. The van der Waals surface area contributed by atoms with E-state index in [1.807, 2.05) is 25.3 Å². The topological polar surface area (TPSA) is 39.0 Å². The van der Waals surface area contributed by atoms with Gasteiger partial charge in [-0.05, 0) is 61.0 Å². The van der Waals surface area contributed by atoms with Crippen LogP contribution in [0.3, 0.4) is 0 Å². The van der Waals surface area contributed by atoms with Crippen LogP contribution in [0.25, 0.3) is 22.5 Å². The molecular formula is C22H25ClN3O2P. The molecule has 1 unspecified atom stereocenters. The molecule has 3 heterocycles. The minimum Gasteiger partial charge on any atom is -0.495 e. The van der Waals surface area contributed by atoms with Gasteiger partial charge >= 0.3 is 0 Å². The Morgan fingerprint density at radius 2 is 2.03 bits per heavy atom. The second-order valence-electron chi connectivity index (χ2n) is 7.15. The first-order chi connectivity index (χ1) is 14.0. The van der Waals surface area contributed by atoms with E-state index in [-0.39, 0.29) is 0 Å². The van der Waals surface area contributed by atoms with E-state index >= 15 is 0 Å². The first kappa shape index (κ1) is 20.4. The number of aryl methyl sites for hydroxylation is 1. The number of hydrogen-bond donors (Lipinski definition) is 0. The molecule has 0 saturated heterocycles. The van der Waals surface area contributed by atoms with Gasteiger partial charge in [0.05, 0.1) is 17.8 Å². The molecule has 0 fully saturated rings. The van der Waals surface area contributed by atoms with Crippen LogP contribution >= 0.6 is 19.9 Å². The van der Waals surface area contributed by atoms with Crippen molar-refractivity contribution in [2.45, 2.75) is 13.3 Å². The molecule has 0 radical (unpaired) electrons. The van der Waals surface area contributed by atoms with Crippen LogP contribution in [0.1, 0.15) is 17.5 Å². The highest BCUT2D eigenvalue weighted by molar-refractivity contribution is 7.49. The molecule has 0 N–H and O–H groups in total. The number of rotatable bonds is 5. The first-order valence-electron chi connectivity index (χ1n) is 9.55. The number of benzene rings is 1. The molecule has 152 valence electrons. The average Bonchev–Trinajstić information content (AvgIpc) is 3.17. The highest BCUT2D eigenvalue weighted by Gasteiger charge is 2.18. The van der Waals surface area contributed by atoms with Crippen LogP contribution in [0.2, 0.25) is 5.02 Å². The number of nitrogens with zero attached hydrogens (tertiary/aromatic N) is 3. The summed E-state index contributed by atoms with van der Waals surface area (Å²) >= 11 is 6.34. The van der Waals surface area contributed by atoms with Gasteiger partial charge in [0.15, 0.2) is 0 Å². The smallest absolute Gasteiger partial charge is 0.138 e. The SMILES string of the molecule is COc1cc(C)c(-c2cn3ccc(C4=CCN(P(C)OC)CC4)cc3n2)cc1Cl. The van der Waals surface area contributed by atoms with E-state index in [9.17, 15) is 0 Å². The monoisotopic (exact) mass is 429 g/mol. The molecule has 0 saturated carbocycles. The zero-order valence-corrected chi connectivity index (χ0v) is 18.8. The number of imidazole rings is 1. The fourth-order valence-corrected chi connectivity index (χ4v) is 4.86. The third-order valence-corrected chi connectivity index (χ3v) is 7.44. The fraction of sp³-hybridized carbons (Fsp3) is 0.318. The summed E-state index contributed by atoms with van der Waals surface area (Å²) in [6.45, 7) is 6.15. The molecule has 4 rings (SSSR count). The van der Waals surface area contributed by atoms with E-state index in [2.05, 4.69) is 40.1 Å². The molecule has 2 aromatic heterocycles. The Labute approximate surface area is 177 Å². The van der Waals surface area contributed by atoms with Crippen LogP contribution in [-0.2, 0) is 4.52 Å². The van der Waals surface area contributed by atoms with E-state index in [1.54, 1.807) is 14.2 Å². The number of hydrogen-bond acceptors (Lipinski definition) is 4. The Morgan fingerprint density at radius 3 is 2.72 bits per heavy atom. The molecule has 1 atom stereocenters. The molecular weight excluding hydrogens is 405 g/mol. The number of aromatic nitrogens is 2. The van der Waals surface area contributed by atoms with Crippen molar-refractivity contribution in [2.24, 2.45) is 0 Å². The van der Waals surface area contributed by atoms with Gasteiger partial charge in [-0.25, -0.2) is 4.98 Å². The van der Waals surface area contributed by atoms with Crippen molar-refractivity contribution in [3.05, 3.63) is 58.9 Å². The standard InChI is InChI=1S/C22H25ClN3O2P/c1-15-11-21(27-2)19(23)13-18(15)20-14-25-8-5-17(12-22(25)24-20)16-6-9-26(10-7-16)29(4)28-3/h5-6,8,11-14H,7,9-10H2,1-4H3. The maximum absolute atomic E-state index is 6.34. The molecule has 3 aromatic rings. The third-order valence-electron chi connectivity index (χ3n) is 5.46. The van der Waals surface area contributed by atoms with Crippen molar-refractivity contribution in [3.63, 3.8) is 0 Å². The highest BCUT2D eigenvalue weighted by Crippen LogP contribution is 2.39. The molecule has 7 heteroatoms. The maximum atomic E-state index is 6.34. The molecule has 1 aliphatic heterocycles. The summed E-state index contributed by atoms with van der Waals surface area (Å²) in [6.07, 6.45) is 7.46. The van der Waals surface area contributed by atoms with Gasteiger partial charge in [-0.3, -0.25) is 4.67 Å². The second-order valence-corrected chi connectivity index (χ2v) is 9.41. The summed E-state index contributed by atoms with van der Waals surface area (Å²) in [6, 6.07) is 8.21. The normalized spacial score (nSPS) is 16.1. The molecule has 1 aromatic carbocycles. The van der Waals surface area contributed by atoms with Crippen molar-refractivity contribution >= 4 is 31.1 Å². The molecule has 1 aliphatic rings. The van der Waals surface area contributed by atoms with Crippen molar-refractivity contribution in [1.82, 2.24) is 14.1 Å². The Balaban J connectivity index is 1.64. The van der Waals surface area contributed by atoms with Crippen LogP contribution < -0.4 is 4.74 Å². The van der Waals surface area contributed by atoms with Crippen LogP contribution in [0, 0.1) is 6.92 Å². The van der Waals surface area contributed by atoms with Gasteiger partial charge in [-0.15, -0.1) is 0 Å². The quantitative estimate of drug-likeness (QED) is 0.491. The number of ether oxygens (including phenoxy) is 1. The third kappa shape index (κ3) is 4.06. The minimum atomic E-state index is -0.492. The van der Waals surface area contributed by atoms with Crippen LogP contribution in [0.4, 0.5) is 0 Å². The summed E-state index contributed by atoms with van der Waals surface area (Å²) in [5, 5.41) is 0.592. The summed E-state index contributed by atoms with van der Waals surface area (Å²) in [7, 11) is 2.92. The molecule has 5 nitrogen and oxygen atoms in total.